The van der Waals surface area contributed by atoms with Gasteiger partial charge in [0.2, 0.25) is 0 Å². The third-order valence-corrected chi connectivity index (χ3v) is 5.41. The Morgan fingerprint density at radius 2 is 1.60 bits per heavy atom. The molecular formula is C18H19NS. The molecule has 102 valence electrons. The number of hydrogen-bond acceptors (Lipinski definition) is 2. The summed E-state index contributed by atoms with van der Waals surface area (Å²) in [7, 11) is 0. The standard InChI is InChI=1S/C18H19NS/c1-3-18(16-12-8-5-9-13-16)19-17(14(2)20-18)15-10-6-4-7-11-15/h4-14H,3H2,1-2H3. The summed E-state index contributed by atoms with van der Waals surface area (Å²) in [5.41, 5.74) is 3.78. The molecule has 3 rings (SSSR count). The van der Waals surface area contributed by atoms with Crippen LogP contribution in [0.4, 0.5) is 0 Å². The smallest absolute Gasteiger partial charge is 0.132 e. The lowest BCUT2D eigenvalue weighted by molar-refractivity contribution is 0.642. The molecule has 1 nitrogen and oxygen atoms in total. The summed E-state index contributed by atoms with van der Waals surface area (Å²) in [4.78, 5) is 5.02. The summed E-state index contributed by atoms with van der Waals surface area (Å²) >= 11 is 1.97. The van der Waals surface area contributed by atoms with Crippen LogP contribution in [0.15, 0.2) is 65.7 Å². The van der Waals surface area contributed by atoms with Gasteiger partial charge >= 0.3 is 0 Å². The normalized spacial score (nSPS) is 25.5. The Balaban J connectivity index is 2.06. The van der Waals surface area contributed by atoms with Crippen molar-refractivity contribution >= 4 is 17.5 Å². The molecule has 0 radical (unpaired) electrons. The molecule has 0 aromatic heterocycles. The Hall–Kier alpha value is -1.54. The van der Waals surface area contributed by atoms with Gasteiger partial charge in [0.1, 0.15) is 4.87 Å². The highest BCUT2D eigenvalue weighted by atomic mass is 32.2. The zero-order valence-electron chi connectivity index (χ0n) is 11.9. The quantitative estimate of drug-likeness (QED) is 0.781. The van der Waals surface area contributed by atoms with E-state index in [0.29, 0.717) is 5.25 Å². The second-order valence-electron chi connectivity index (χ2n) is 5.13. The second-order valence-corrected chi connectivity index (χ2v) is 6.75. The van der Waals surface area contributed by atoms with E-state index in [1.165, 1.54) is 16.8 Å². The highest BCUT2D eigenvalue weighted by Gasteiger charge is 2.39. The fourth-order valence-corrected chi connectivity index (χ4v) is 4.24. The van der Waals surface area contributed by atoms with Crippen molar-refractivity contribution in [3.63, 3.8) is 0 Å². The first-order valence-corrected chi connectivity index (χ1v) is 8.01. The average Bonchev–Trinajstić information content (AvgIpc) is 2.87. The van der Waals surface area contributed by atoms with Crippen LogP contribution in [0.25, 0.3) is 0 Å². The number of nitrogens with zero attached hydrogens (tertiary/aromatic N) is 1. The lowest BCUT2D eigenvalue weighted by Crippen LogP contribution is -2.15. The van der Waals surface area contributed by atoms with Gasteiger partial charge in [-0.25, -0.2) is 0 Å². The fourth-order valence-electron chi connectivity index (χ4n) is 2.77. The third kappa shape index (κ3) is 2.29. The zero-order chi connectivity index (χ0) is 14.0. The van der Waals surface area contributed by atoms with Gasteiger partial charge in [0.05, 0.1) is 5.71 Å². The summed E-state index contributed by atoms with van der Waals surface area (Å²) < 4.78 is 0. The molecule has 2 atom stereocenters. The molecule has 0 spiro atoms. The molecule has 2 heteroatoms. The van der Waals surface area contributed by atoms with Crippen LogP contribution < -0.4 is 0 Å². The van der Waals surface area contributed by atoms with Crippen molar-refractivity contribution in [3.05, 3.63) is 71.8 Å². The van der Waals surface area contributed by atoms with Crippen molar-refractivity contribution in [1.29, 1.82) is 0 Å². The van der Waals surface area contributed by atoms with Crippen LogP contribution in [0, 0.1) is 0 Å². The van der Waals surface area contributed by atoms with Crippen molar-refractivity contribution in [3.8, 4) is 0 Å². The Morgan fingerprint density at radius 3 is 2.20 bits per heavy atom. The van der Waals surface area contributed by atoms with Crippen molar-refractivity contribution in [2.45, 2.75) is 30.4 Å². The van der Waals surface area contributed by atoms with Gasteiger partial charge in [0, 0.05) is 5.25 Å². The summed E-state index contributed by atoms with van der Waals surface area (Å²) in [6.45, 7) is 4.49. The number of rotatable bonds is 3. The lowest BCUT2D eigenvalue weighted by Gasteiger charge is -2.24. The van der Waals surface area contributed by atoms with E-state index in [9.17, 15) is 0 Å². The predicted octanol–water partition coefficient (Wildman–Crippen LogP) is 4.87. The Morgan fingerprint density at radius 1 is 1.00 bits per heavy atom. The average molecular weight is 281 g/mol. The van der Waals surface area contributed by atoms with Crippen LogP contribution in [0.2, 0.25) is 0 Å². The molecule has 0 amide bonds. The minimum atomic E-state index is -0.119. The topological polar surface area (TPSA) is 12.4 Å². The Labute approximate surface area is 125 Å². The number of aliphatic imine (C=N–C) groups is 1. The monoisotopic (exact) mass is 281 g/mol. The number of thioether (sulfide) groups is 1. The molecule has 0 aliphatic carbocycles. The van der Waals surface area contributed by atoms with Gasteiger partial charge in [0.25, 0.3) is 0 Å². The Kier molecular flexibility index (Phi) is 3.66. The molecular weight excluding hydrogens is 262 g/mol. The first-order chi connectivity index (χ1) is 9.75. The van der Waals surface area contributed by atoms with E-state index >= 15 is 0 Å². The maximum absolute atomic E-state index is 5.14. The highest BCUT2D eigenvalue weighted by Crippen LogP contribution is 2.49. The molecule has 0 N–H and O–H groups in total. The molecule has 0 bridgehead atoms. The van der Waals surface area contributed by atoms with Crippen LogP contribution in [0.5, 0.6) is 0 Å². The predicted molar refractivity (Wildman–Crippen MR) is 88.4 cm³/mol. The molecule has 0 fully saturated rings. The molecule has 0 saturated heterocycles. The van der Waals surface area contributed by atoms with E-state index in [1.807, 2.05) is 11.8 Å². The molecule has 2 aromatic carbocycles. The van der Waals surface area contributed by atoms with Crippen LogP contribution in [0.1, 0.15) is 31.4 Å². The van der Waals surface area contributed by atoms with E-state index in [4.69, 9.17) is 4.99 Å². The molecule has 1 heterocycles. The maximum Gasteiger partial charge on any atom is 0.132 e. The van der Waals surface area contributed by atoms with Gasteiger partial charge in [-0.15, -0.1) is 11.8 Å². The Bertz CT molecular complexity index is 606. The molecule has 1 aliphatic heterocycles. The molecule has 1 aliphatic rings. The minimum absolute atomic E-state index is 0.119. The first-order valence-electron chi connectivity index (χ1n) is 7.14. The van der Waals surface area contributed by atoms with Gasteiger partial charge in [-0.05, 0) is 24.5 Å². The van der Waals surface area contributed by atoms with E-state index in [-0.39, 0.29) is 4.87 Å². The molecule has 2 unspecified atom stereocenters. The van der Waals surface area contributed by atoms with Crippen molar-refractivity contribution < 1.29 is 0 Å². The minimum Gasteiger partial charge on any atom is -0.266 e. The van der Waals surface area contributed by atoms with Crippen molar-refractivity contribution in [2.75, 3.05) is 0 Å². The first kappa shape index (κ1) is 13.4. The van der Waals surface area contributed by atoms with Crippen LogP contribution in [-0.2, 0) is 4.87 Å². The largest absolute Gasteiger partial charge is 0.266 e. The third-order valence-electron chi connectivity index (χ3n) is 3.83. The number of benzene rings is 2. The van der Waals surface area contributed by atoms with Gasteiger partial charge < -0.3 is 0 Å². The second kappa shape index (κ2) is 5.45. The van der Waals surface area contributed by atoms with Crippen LogP contribution >= 0.6 is 11.8 Å². The SMILES string of the molecule is CCC1(c2ccccc2)N=C(c2ccccc2)C(C)S1. The van der Waals surface area contributed by atoms with Crippen LogP contribution in [-0.4, -0.2) is 11.0 Å². The van der Waals surface area contributed by atoms with Gasteiger partial charge in [-0.2, -0.15) is 0 Å². The summed E-state index contributed by atoms with van der Waals surface area (Å²) in [6, 6.07) is 21.2. The van der Waals surface area contributed by atoms with E-state index in [1.54, 1.807) is 0 Å². The fraction of sp³-hybridized carbons (Fsp3) is 0.278. The van der Waals surface area contributed by atoms with Gasteiger partial charge in [0.15, 0.2) is 0 Å². The lowest BCUT2D eigenvalue weighted by atomic mass is 10.0. The summed E-state index contributed by atoms with van der Waals surface area (Å²) in [6.07, 6.45) is 1.02. The van der Waals surface area contributed by atoms with Gasteiger partial charge in [-0.1, -0.05) is 67.6 Å². The summed E-state index contributed by atoms with van der Waals surface area (Å²) in [5, 5.41) is 0.428. The van der Waals surface area contributed by atoms with E-state index in [2.05, 4.69) is 74.5 Å². The van der Waals surface area contributed by atoms with Crippen molar-refractivity contribution in [1.82, 2.24) is 0 Å². The molecule has 20 heavy (non-hydrogen) atoms. The summed E-state index contributed by atoms with van der Waals surface area (Å²) in [5.74, 6) is 0. The highest BCUT2D eigenvalue weighted by molar-refractivity contribution is 8.01. The van der Waals surface area contributed by atoms with Gasteiger partial charge in [-0.3, -0.25) is 4.99 Å². The maximum atomic E-state index is 5.14. The van der Waals surface area contributed by atoms with E-state index in [0.717, 1.165) is 6.42 Å². The van der Waals surface area contributed by atoms with Crippen LogP contribution in [0.3, 0.4) is 0 Å². The number of hydrogen-bond donors (Lipinski definition) is 0. The zero-order valence-corrected chi connectivity index (χ0v) is 12.7. The molecule has 2 aromatic rings. The van der Waals surface area contributed by atoms with E-state index < -0.39 is 0 Å². The molecule has 0 saturated carbocycles. The van der Waals surface area contributed by atoms with Crippen molar-refractivity contribution in [2.24, 2.45) is 4.99 Å².